The van der Waals surface area contributed by atoms with Crippen LogP contribution in [0, 0.1) is 0 Å². The summed E-state index contributed by atoms with van der Waals surface area (Å²) >= 11 is 0. The highest BCUT2D eigenvalue weighted by Gasteiger charge is 2.12. The number of rotatable bonds is 7. The molecule has 0 bridgehead atoms. The average Bonchev–Trinajstić information content (AvgIpc) is 3.39. The van der Waals surface area contributed by atoms with Crippen molar-refractivity contribution in [3.63, 3.8) is 0 Å². The first-order chi connectivity index (χ1) is 13.8. The Morgan fingerprint density at radius 2 is 1.89 bits per heavy atom. The summed E-state index contributed by atoms with van der Waals surface area (Å²) in [7, 11) is 0. The molecule has 142 valence electrons. The molecule has 0 spiro atoms. The highest BCUT2D eigenvalue weighted by atomic mass is 15.5. The lowest BCUT2D eigenvalue weighted by Crippen LogP contribution is -2.07. The zero-order valence-corrected chi connectivity index (χ0v) is 16.0. The maximum Gasteiger partial charge on any atom is 0.205 e. The number of nitrogens with one attached hydrogen (secondary N) is 1. The molecule has 0 unspecified atom stereocenters. The van der Waals surface area contributed by atoms with Crippen molar-refractivity contribution in [1.82, 2.24) is 40.4 Å². The van der Waals surface area contributed by atoms with E-state index >= 15 is 0 Å². The van der Waals surface area contributed by atoms with Gasteiger partial charge < -0.3 is 0 Å². The van der Waals surface area contributed by atoms with Crippen LogP contribution in [0.1, 0.15) is 37.5 Å². The number of pyridine rings is 1. The molecule has 8 heteroatoms. The number of aromatic amines is 1. The molecule has 28 heavy (non-hydrogen) atoms. The lowest BCUT2D eigenvalue weighted by Gasteiger charge is -2.09. The van der Waals surface area contributed by atoms with Crippen LogP contribution in [-0.2, 0) is 19.4 Å². The van der Waals surface area contributed by atoms with E-state index in [0.717, 1.165) is 47.6 Å². The Hall–Kier alpha value is -3.42. The van der Waals surface area contributed by atoms with Gasteiger partial charge in [-0.2, -0.15) is 10.3 Å². The van der Waals surface area contributed by atoms with Gasteiger partial charge in [0.2, 0.25) is 5.82 Å². The zero-order valence-electron chi connectivity index (χ0n) is 16.0. The predicted octanol–water partition coefficient (Wildman–Crippen LogP) is 3.08. The fourth-order valence-corrected chi connectivity index (χ4v) is 3.17. The van der Waals surface area contributed by atoms with Gasteiger partial charge in [-0.3, -0.25) is 4.98 Å². The number of hydrogen-bond donors (Lipinski definition) is 1. The quantitative estimate of drug-likeness (QED) is 0.534. The molecule has 0 atom stereocenters. The van der Waals surface area contributed by atoms with E-state index in [9.17, 15) is 0 Å². The van der Waals surface area contributed by atoms with Crippen LogP contribution < -0.4 is 0 Å². The number of nitrogens with zero attached hydrogens (tertiary/aromatic N) is 7. The number of aryl methyl sites for hydroxylation is 2. The van der Waals surface area contributed by atoms with E-state index in [4.69, 9.17) is 0 Å². The molecule has 3 aromatic heterocycles. The molecule has 0 amide bonds. The Morgan fingerprint density at radius 3 is 2.61 bits per heavy atom. The SMILES string of the molecule is CCCc1nc(CC)nn1Cc1ccc(-c2cnccc2-c2nn[nH]n2)cc1. The normalized spacial score (nSPS) is 11.1. The maximum absolute atomic E-state index is 4.64. The van der Waals surface area contributed by atoms with Crippen molar-refractivity contribution in [2.45, 2.75) is 39.7 Å². The number of H-pyrrole nitrogens is 1. The van der Waals surface area contributed by atoms with E-state index in [1.54, 1.807) is 6.20 Å². The third kappa shape index (κ3) is 3.66. The van der Waals surface area contributed by atoms with Crippen LogP contribution in [0.2, 0.25) is 0 Å². The van der Waals surface area contributed by atoms with Gasteiger partial charge in [-0.15, -0.1) is 10.2 Å². The first-order valence-electron chi connectivity index (χ1n) is 9.48. The Bertz CT molecular complexity index is 1030. The number of aromatic nitrogens is 8. The smallest absolute Gasteiger partial charge is 0.205 e. The molecule has 1 N–H and O–H groups in total. The molecular formula is C20H22N8. The van der Waals surface area contributed by atoms with E-state index in [2.05, 4.69) is 73.8 Å². The second-order valence-corrected chi connectivity index (χ2v) is 6.56. The van der Waals surface area contributed by atoms with Crippen LogP contribution >= 0.6 is 0 Å². The molecule has 0 saturated carbocycles. The summed E-state index contributed by atoms with van der Waals surface area (Å²) in [4.78, 5) is 8.90. The summed E-state index contributed by atoms with van der Waals surface area (Å²) < 4.78 is 2.02. The van der Waals surface area contributed by atoms with Gasteiger partial charge in [0.15, 0.2) is 5.82 Å². The highest BCUT2D eigenvalue weighted by Crippen LogP contribution is 2.29. The van der Waals surface area contributed by atoms with Gasteiger partial charge in [0, 0.05) is 36.4 Å². The van der Waals surface area contributed by atoms with Gasteiger partial charge in [0.25, 0.3) is 0 Å². The lowest BCUT2D eigenvalue weighted by atomic mass is 10.0. The third-order valence-electron chi connectivity index (χ3n) is 4.59. The van der Waals surface area contributed by atoms with Gasteiger partial charge in [-0.25, -0.2) is 9.67 Å². The Kier molecular flexibility index (Phi) is 5.18. The van der Waals surface area contributed by atoms with Crippen LogP contribution in [0.3, 0.4) is 0 Å². The summed E-state index contributed by atoms with van der Waals surface area (Å²) in [5.74, 6) is 2.51. The summed E-state index contributed by atoms with van der Waals surface area (Å²) in [6, 6.07) is 10.3. The molecule has 0 fully saturated rings. The van der Waals surface area contributed by atoms with E-state index in [1.165, 1.54) is 5.56 Å². The molecule has 1 aromatic carbocycles. The van der Waals surface area contributed by atoms with Crippen molar-refractivity contribution < 1.29 is 0 Å². The number of tetrazole rings is 1. The number of hydrogen-bond acceptors (Lipinski definition) is 6. The molecule has 4 aromatic rings. The second-order valence-electron chi connectivity index (χ2n) is 6.56. The van der Waals surface area contributed by atoms with Gasteiger partial charge in [-0.05, 0) is 28.8 Å². The van der Waals surface area contributed by atoms with Crippen LogP contribution in [0.5, 0.6) is 0 Å². The minimum Gasteiger partial charge on any atom is -0.264 e. The third-order valence-corrected chi connectivity index (χ3v) is 4.59. The van der Waals surface area contributed by atoms with E-state index < -0.39 is 0 Å². The molecule has 4 rings (SSSR count). The minimum absolute atomic E-state index is 0.556. The van der Waals surface area contributed by atoms with Gasteiger partial charge >= 0.3 is 0 Å². The molecule has 0 aliphatic heterocycles. The van der Waals surface area contributed by atoms with Crippen molar-refractivity contribution in [3.8, 4) is 22.5 Å². The van der Waals surface area contributed by atoms with Crippen molar-refractivity contribution >= 4 is 0 Å². The maximum atomic E-state index is 4.64. The summed E-state index contributed by atoms with van der Waals surface area (Å²) in [5, 5.41) is 19.0. The van der Waals surface area contributed by atoms with Crippen LogP contribution in [0.15, 0.2) is 42.7 Å². The summed E-state index contributed by atoms with van der Waals surface area (Å²) in [5.41, 5.74) is 4.10. The topological polar surface area (TPSA) is 98.1 Å². The second kappa shape index (κ2) is 8.08. The minimum atomic E-state index is 0.556. The van der Waals surface area contributed by atoms with Gasteiger partial charge in [-0.1, -0.05) is 38.1 Å². The molecular weight excluding hydrogens is 352 g/mol. The Balaban J connectivity index is 1.60. The molecule has 8 nitrogen and oxygen atoms in total. The summed E-state index contributed by atoms with van der Waals surface area (Å²) in [6.45, 7) is 4.96. The van der Waals surface area contributed by atoms with Crippen molar-refractivity contribution in [3.05, 3.63) is 59.9 Å². The Morgan fingerprint density at radius 1 is 1.04 bits per heavy atom. The largest absolute Gasteiger partial charge is 0.264 e. The van der Waals surface area contributed by atoms with Crippen molar-refractivity contribution in [2.75, 3.05) is 0 Å². The first-order valence-corrected chi connectivity index (χ1v) is 9.48. The monoisotopic (exact) mass is 374 g/mol. The van der Waals surface area contributed by atoms with E-state index in [1.807, 2.05) is 16.9 Å². The van der Waals surface area contributed by atoms with Crippen LogP contribution in [-0.4, -0.2) is 40.4 Å². The fourth-order valence-electron chi connectivity index (χ4n) is 3.17. The molecule has 3 heterocycles. The lowest BCUT2D eigenvalue weighted by molar-refractivity contribution is 0.625. The molecule has 0 radical (unpaired) electrons. The standard InChI is InChI=1S/C20H22N8/c1-3-5-19-22-18(4-2)25-28(19)13-14-6-8-15(9-7-14)17-12-21-11-10-16(17)20-23-26-27-24-20/h6-12H,3-5,13H2,1-2H3,(H,23,24,26,27). The van der Waals surface area contributed by atoms with E-state index in [-0.39, 0.29) is 0 Å². The number of benzene rings is 1. The van der Waals surface area contributed by atoms with Gasteiger partial charge in [0.1, 0.15) is 5.82 Å². The van der Waals surface area contributed by atoms with E-state index in [0.29, 0.717) is 12.4 Å². The predicted molar refractivity (Wildman–Crippen MR) is 105 cm³/mol. The average molecular weight is 374 g/mol. The van der Waals surface area contributed by atoms with Crippen molar-refractivity contribution in [2.24, 2.45) is 0 Å². The molecule has 0 aliphatic carbocycles. The summed E-state index contributed by atoms with van der Waals surface area (Å²) in [6.07, 6.45) is 6.40. The fraction of sp³-hybridized carbons (Fsp3) is 0.300. The zero-order chi connectivity index (χ0) is 19.3. The first kappa shape index (κ1) is 18.0. The van der Waals surface area contributed by atoms with Gasteiger partial charge in [0.05, 0.1) is 6.54 Å². The highest BCUT2D eigenvalue weighted by molar-refractivity contribution is 5.79. The van der Waals surface area contributed by atoms with Crippen molar-refractivity contribution in [1.29, 1.82) is 0 Å². The molecule has 0 aliphatic rings. The Labute approximate surface area is 163 Å². The van der Waals surface area contributed by atoms with Crippen LogP contribution in [0.25, 0.3) is 22.5 Å². The molecule has 0 saturated heterocycles. The van der Waals surface area contributed by atoms with Crippen LogP contribution in [0.4, 0.5) is 0 Å².